The molecule has 76 valence electrons. The maximum atomic E-state index is 5.27. The average Bonchev–Trinajstić information content (AvgIpc) is 2.19. The fourth-order valence-electron chi connectivity index (χ4n) is 1.35. The predicted octanol–water partition coefficient (Wildman–Crippen LogP) is -2.00. The Hall–Kier alpha value is -0.390. The second-order valence-corrected chi connectivity index (χ2v) is 3.53. The van der Waals surface area contributed by atoms with E-state index in [0.29, 0.717) is 0 Å². The van der Waals surface area contributed by atoms with Crippen molar-refractivity contribution >= 4 is 17.3 Å². The van der Waals surface area contributed by atoms with Gasteiger partial charge in [-0.3, -0.25) is 0 Å². The van der Waals surface area contributed by atoms with Gasteiger partial charge in [0.1, 0.15) is 13.1 Å². The van der Waals surface area contributed by atoms with Gasteiger partial charge in [-0.2, -0.15) is 0 Å². The molecule has 1 aliphatic heterocycles. The van der Waals surface area contributed by atoms with E-state index in [1.165, 1.54) is 0 Å². The van der Waals surface area contributed by atoms with Gasteiger partial charge in [0.15, 0.2) is 5.11 Å². The highest BCUT2D eigenvalue weighted by atomic mass is 32.1. The van der Waals surface area contributed by atoms with Crippen LogP contribution in [0.1, 0.15) is 0 Å². The summed E-state index contributed by atoms with van der Waals surface area (Å²) in [5.74, 6) is 0. The van der Waals surface area contributed by atoms with Gasteiger partial charge in [-0.1, -0.05) is 0 Å². The third-order valence-electron chi connectivity index (χ3n) is 2.19. The number of ether oxygens (including phenoxy) is 1. The lowest BCUT2D eigenvalue weighted by Gasteiger charge is -2.23. The fourth-order valence-corrected chi connectivity index (χ4v) is 1.45. The van der Waals surface area contributed by atoms with E-state index in [-0.39, 0.29) is 0 Å². The third kappa shape index (κ3) is 4.40. The third-order valence-corrected chi connectivity index (χ3v) is 2.54. The van der Waals surface area contributed by atoms with Crippen LogP contribution in [-0.2, 0) is 4.74 Å². The molecule has 0 amide bonds. The molecule has 0 spiro atoms. The topological polar surface area (TPSA) is 37.7 Å². The molecule has 0 saturated carbocycles. The van der Waals surface area contributed by atoms with E-state index >= 15 is 0 Å². The van der Waals surface area contributed by atoms with Crippen LogP contribution in [0.5, 0.6) is 0 Å². The van der Waals surface area contributed by atoms with Gasteiger partial charge in [0, 0.05) is 7.05 Å². The molecule has 5 heteroatoms. The molecule has 3 N–H and O–H groups in total. The van der Waals surface area contributed by atoms with Gasteiger partial charge in [-0.15, -0.1) is 0 Å². The SMILES string of the molecule is CNC(=S)NCC[NH+]1CCOCC1. The zero-order valence-corrected chi connectivity index (χ0v) is 8.88. The molecule has 0 aliphatic carbocycles. The first-order valence-corrected chi connectivity index (χ1v) is 5.10. The van der Waals surface area contributed by atoms with E-state index in [2.05, 4.69) is 10.6 Å². The summed E-state index contributed by atoms with van der Waals surface area (Å²) in [4.78, 5) is 1.60. The van der Waals surface area contributed by atoms with Gasteiger partial charge in [0.05, 0.1) is 26.3 Å². The summed E-state index contributed by atoms with van der Waals surface area (Å²) in [6.07, 6.45) is 0. The normalized spacial score (nSPS) is 18.2. The molecular weight excluding hydrogens is 186 g/mol. The van der Waals surface area contributed by atoms with Crippen LogP contribution >= 0.6 is 12.2 Å². The van der Waals surface area contributed by atoms with E-state index in [1.807, 2.05) is 7.05 Å². The number of rotatable bonds is 3. The first kappa shape index (κ1) is 10.7. The van der Waals surface area contributed by atoms with Crippen LogP contribution in [0.15, 0.2) is 0 Å². The van der Waals surface area contributed by atoms with Crippen LogP contribution in [0.2, 0.25) is 0 Å². The molecule has 13 heavy (non-hydrogen) atoms. The summed E-state index contributed by atoms with van der Waals surface area (Å²) in [6.45, 7) is 6.08. The number of morpholine rings is 1. The minimum Gasteiger partial charge on any atom is -0.370 e. The quantitative estimate of drug-likeness (QED) is 0.465. The molecule has 1 aliphatic rings. The van der Waals surface area contributed by atoms with Gasteiger partial charge in [0.25, 0.3) is 0 Å². The number of quaternary nitrogens is 1. The van der Waals surface area contributed by atoms with Crippen molar-refractivity contribution in [1.29, 1.82) is 0 Å². The summed E-state index contributed by atoms with van der Waals surface area (Å²) in [5.41, 5.74) is 0. The van der Waals surface area contributed by atoms with Gasteiger partial charge >= 0.3 is 0 Å². The first-order valence-electron chi connectivity index (χ1n) is 4.70. The largest absolute Gasteiger partial charge is 0.370 e. The van der Waals surface area contributed by atoms with Gasteiger partial charge in [-0.05, 0) is 12.2 Å². The Kier molecular flexibility index (Phi) is 5.03. The predicted molar refractivity (Wildman–Crippen MR) is 56.0 cm³/mol. The highest BCUT2D eigenvalue weighted by Gasteiger charge is 2.12. The Labute approximate surface area is 84.6 Å². The zero-order valence-electron chi connectivity index (χ0n) is 8.06. The summed E-state index contributed by atoms with van der Waals surface area (Å²) < 4.78 is 5.27. The van der Waals surface area contributed by atoms with Crippen LogP contribution in [0.4, 0.5) is 0 Å². The van der Waals surface area contributed by atoms with E-state index in [0.717, 1.165) is 44.5 Å². The Morgan fingerprint density at radius 3 is 2.77 bits per heavy atom. The molecule has 0 atom stereocenters. The molecule has 1 saturated heterocycles. The lowest BCUT2D eigenvalue weighted by Crippen LogP contribution is -3.14. The summed E-state index contributed by atoms with van der Waals surface area (Å²) in [5, 5.41) is 6.76. The fraction of sp³-hybridized carbons (Fsp3) is 0.875. The molecule has 0 aromatic carbocycles. The maximum absolute atomic E-state index is 5.27. The molecule has 0 bridgehead atoms. The van der Waals surface area contributed by atoms with E-state index < -0.39 is 0 Å². The van der Waals surface area contributed by atoms with Gasteiger partial charge in [0.2, 0.25) is 0 Å². The van der Waals surface area contributed by atoms with Crippen molar-refractivity contribution in [2.75, 3.05) is 46.4 Å². The van der Waals surface area contributed by atoms with Crippen LogP contribution in [0.3, 0.4) is 0 Å². The van der Waals surface area contributed by atoms with Crippen LogP contribution in [-0.4, -0.2) is 51.6 Å². The Bertz CT molecular complexity index is 159. The molecule has 0 aromatic rings. The molecule has 1 heterocycles. The summed E-state index contributed by atoms with van der Waals surface area (Å²) in [7, 11) is 1.83. The Morgan fingerprint density at radius 1 is 1.46 bits per heavy atom. The smallest absolute Gasteiger partial charge is 0.166 e. The standard InChI is InChI=1S/C8H17N3OS/c1-9-8(13)10-2-3-11-4-6-12-7-5-11/h2-7H2,1H3,(H2,9,10,13)/p+1. The van der Waals surface area contributed by atoms with Crippen molar-refractivity contribution in [3.05, 3.63) is 0 Å². The molecule has 0 unspecified atom stereocenters. The molecule has 1 rings (SSSR count). The van der Waals surface area contributed by atoms with Crippen molar-refractivity contribution in [2.24, 2.45) is 0 Å². The van der Waals surface area contributed by atoms with Gasteiger partial charge < -0.3 is 20.3 Å². The Balaban J connectivity index is 2.01. The zero-order chi connectivity index (χ0) is 9.52. The lowest BCUT2D eigenvalue weighted by atomic mass is 10.4. The number of nitrogens with one attached hydrogen (secondary N) is 3. The average molecular weight is 204 g/mol. The molecule has 0 aromatic heterocycles. The van der Waals surface area contributed by atoms with Crippen molar-refractivity contribution in [3.8, 4) is 0 Å². The maximum Gasteiger partial charge on any atom is 0.166 e. The molecule has 4 nitrogen and oxygen atoms in total. The minimum atomic E-state index is 0.729. The monoisotopic (exact) mass is 204 g/mol. The van der Waals surface area contributed by atoms with Gasteiger partial charge in [-0.25, -0.2) is 0 Å². The first-order chi connectivity index (χ1) is 6.33. The lowest BCUT2D eigenvalue weighted by molar-refractivity contribution is -0.906. The minimum absolute atomic E-state index is 0.729. The van der Waals surface area contributed by atoms with Crippen molar-refractivity contribution in [3.63, 3.8) is 0 Å². The summed E-state index contributed by atoms with van der Waals surface area (Å²) >= 11 is 4.97. The van der Waals surface area contributed by atoms with E-state index in [4.69, 9.17) is 17.0 Å². The highest BCUT2D eigenvalue weighted by molar-refractivity contribution is 7.80. The molecule has 1 fully saturated rings. The number of hydrogen-bond donors (Lipinski definition) is 3. The highest BCUT2D eigenvalue weighted by Crippen LogP contribution is 1.74. The van der Waals surface area contributed by atoms with Crippen molar-refractivity contribution in [2.45, 2.75) is 0 Å². The van der Waals surface area contributed by atoms with E-state index in [9.17, 15) is 0 Å². The second kappa shape index (κ2) is 6.12. The Morgan fingerprint density at radius 2 is 2.15 bits per heavy atom. The van der Waals surface area contributed by atoms with Crippen molar-refractivity contribution in [1.82, 2.24) is 10.6 Å². The second-order valence-electron chi connectivity index (χ2n) is 3.12. The van der Waals surface area contributed by atoms with Crippen LogP contribution in [0.25, 0.3) is 0 Å². The van der Waals surface area contributed by atoms with Crippen LogP contribution in [0, 0.1) is 0 Å². The van der Waals surface area contributed by atoms with Crippen molar-refractivity contribution < 1.29 is 9.64 Å². The van der Waals surface area contributed by atoms with E-state index in [1.54, 1.807) is 4.90 Å². The number of thiocarbonyl (C=S) groups is 1. The van der Waals surface area contributed by atoms with Crippen LogP contribution < -0.4 is 15.5 Å². The molecular formula is C8H18N3OS+. The number of hydrogen-bond acceptors (Lipinski definition) is 2. The molecule has 0 radical (unpaired) electrons. The summed E-state index contributed by atoms with van der Waals surface area (Å²) in [6, 6.07) is 0.